The van der Waals surface area contributed by atoms with Gasteiger partial charge >= 0.3 is 0 Å². The first kappa shape index (κ1) is 17.3. The summed E-state index contributed by atoms with van der Waals surface area (Å²) in [5.74, 6) is -0.148. The molecule has 0 aliphatic carbocycles. The largest absolute Gasteiger partial charge is 0.495 e. The van der Waals surface area contributed by atoms with Crippen molar-refractivity contribution < 1.29 is 14.3 Å². The van der Waals surface area contributed by atoms with Crippen molar-refractivity contribution in [1.82, 2.24) is 0 Å². The minimum absolute atomic E-state index is 0.120. The molecular formula is C19H19ClN2O3. The summed E-state index contributed by atoms with van der Waals surface area (Å²) in [6, 6.07) is 12.7. The Balaban J connectivity index is 1.78. The number of carbonyl (C=O) groups is 2. The first-order valence-corrected chi connectivity index (χ1v) is 8.38. The topological polar surface area (TPSA) is 58.6 Å². The number of rotatable bonds is 4. The summed E-state index contributed by atoms with van der Waals surface area (Å²) < 4.78 is 5.32. The van der Waals surface area contributed by atoms with E-state index in [-0.39, 0.29) is 18.2 Å². The van der Waals surface area contributed by atoms with Gasteiger partial charge in [0.1, 0.15) is 5.75 Å². The van der Waals surface area contributed by atoms with Crippen LogP contribution in [0.25, 0.3) is 0 Å². The van der Waals surface area contributed by atoms with Crippen molar-refractivity contribution in [3.05, 3.63) is 53.1 Å². The minimum atomic E-state index is -0.421. The van der Waals surface area contributed by atoms with Gasteiger partial charge in [-0.15, -0.1) is 0 Å². The molecule has 25 heavy (non-hydrogen) atoms. The van der Waals surface area contributed by atoms with Crippen LogP contribution in [0.3, 0.4) is 0 Å². The number of anilines is 2. The molecule has 0 saturated carbocycles. The molecule has 1 N–H and O–H groups in total. The number of carbonyl (C=O) groups excluding carboxylic acids is 2. The number of nitrogens with one attached hydrogen (secondary N) is 1. The Morgan fingerprint density at radius 1 is 1.28 bits per heavy atom. The molecule has 5 nitrogen and oxygen atoms in total. The minimum Gasteiger partial charge on any atom is -0.495 e. The molecule has 1 fully saturated rings. The summed E-state index contributed by atoms with van der Waals surface area (Å²) in [4.78, 5) is 26.6. The maximum Gasteiger partial charge on any atom is 0.229 e. The lowest BCUT2D eigenvalue weighted by molar-refractivity contribution is -0.122. The van der Waals surface area contributed by atoms with Crippen LogP contribution in [0.15, 0.2) is 42.5 Å². The number of benzene rings is 2. The smallest absolute Gasteiger partial charge is 0.229 e. The number of hydrogen-bond donors (Lipinski definition) is 1. The van der Waals surface area contributed by atoms with Crippen LogP contribution in [-0.2, 0) is 9.59 Å². The van der Waals surface area contributed by atoms with Gasteiger partial charge in [0, 0.05) is 23.7 Å². The Morgan fingerprint density at radius 3 is 2.76 bits per heavy atom. The normalized spacial score (nSPS) is 16.8. The van der Waals surface area contributed by atoms with E-state index in [0.29, 0.717) is 23.0 Å². The van der Waals surface area contributed by atoms with Gasteiger partial charge in [-0.3, -0.25) is 9.59 Å². The van der Waals surface area contributed by atoms with Crippen molar-refractivity contribution in [2.24, 2.45) is 5.92 Å². The Kier molecular flexibility index (Phi) is 4.95. The summed E-state index contributed by atoms with van der Waals surface area (Å²) in [6.45, 7) is 2.23. The molecule has 1 saturated heterocycles. The standard InChI is InChI=1S/C19H19ClN2O3/c1-12-5-3-4-6-15(12)21-19(24)13-9-18(23)22(11-13)16-10-14(20)7-8-17(16)25-2/h3-8,10,13H,9,11H2,1-2H3,(H,21,24)/t13-/m0/s1. The first-order valence-electron chi connectivity index (χ1n) is 8.00. The molecule has 1 heterocycles. The van der Waals surface area contributed by atoms with E-state index < -0.39 is 5.92 Å². The van der Waals surface area contributed by atoms with Crippen LogP contribution >= 0.6 is 11.6 Å². The lowest BCUT2D eigenvalue weighted by Crippen LogP contribution is -2.28. The van der Waals surface area contributed by atoms with E-state index >= 15 is 0 Å². The number of nitrogens with zero attached hydrogens (tertiary/aromatic N) is 1. The molecule has 0 spiro atoms. The molecule has 0 unspecified atom stereocenters. The highest BCUT2D eigenvalue weighted by molar-refractivity contribution is 6.31. The van der Waals surface area contributed by atoms with Crippen LogP contribution < -0.4 is 15.0 Å². The number of ether oxygens (including phenoxy) is 1. The molecule has 0 aromatic heterocycles. The fourth-order valence-corrected chi connectivity index (χ4v) is 3.10. The number of para-hydroxylation sites is 1. The summed E-state index contributed by atoms with van der Waals surface area (Å²) in [7, 11) is 1.54. The fourth-order valence-electron chi connectivity index (χ4n) is 2.94. The van der Waals surface area contributed by atoms with Crippen molar-refractivity contribution in [2.75, 3.05) is 23.9 Å². The van der Waals surface area contributed by atoms with Crippen LogP contribution in [0.5, 0.6) is 5.75 Å². The average molecular weight is 359 g/mol. The lowest BCUT2D eigenvalue weighted by Gasteiger charge is -2.20. The number of halogens is 1. The molecule has 2 aromatic carbocycles. The molecule has 2 amide bonds. The van der Waals surface area contributed by atoms with Gasteiger partial charge in [0.05, 0.1) is 18.7 Å². The third kappa shape index (κ3) is 3.61. The molecule has 6 heteroatoms. The number of aryl methyl sites for hydroxylation is 1. The average Bonchev–Trinajstić information content (AvgIpc) is 2.98. The van der Waals surface area contributed by atoms with E-state index in [1.54, 1.807) is 23.1 Å². The first-order chi connectivity index (χ1) is 12.0. The summed E-state index contributed by atoms with van der Waals surface area (Å²) in [5.41, 5.74) is 2.33. The molecule has 0 bridgehead atoms. The zero-order chi connectivity index (χ0) is 18.0. The third-order valence-electron chi connectivity index (χ3n) is 4.33. The highest BCUT2D eigenvalue weighted by Gasteiger charge is 2.36. The van der Waals surface area contributed by atoms with Crippen LogP contribution in [0.4, 0.5) is 11.4 Å². The molecule has 1 atom stereocenters. The fraction of sp³-hybridized carbons (Fsp3) is 0.263. The third-order valence-corrected chi connectivity index (χ3v) is 4.57. The van der Waals surface area contributed by atoms with Crippen LogP contribution in [0, 0.1) is 12.8 Å². The predicted molar refractivity (Wildman–Crippen MR) is 98.3 cm³/mol. The quantitative estimate of drug-likeness (QED) is 0.907. The van der Waals surface area contributed by atoms with E-state index in [0.717, 1.165) is 11.3 Å². The Labute approximate surface area is 151 Å². The molecule has 3 rings (SSSR count). The van der Waals surface area contributed by atoms with Crippen molar-refractivity contribution in [3.63, 3.8) is 0 Å². The Hall–Kier alpha value is -2.53. The molecule has 130 valence electrons. The van der Waals surface area contributed by atoms with Gasteiger partial charge in [0.25, 0.3) is 0 Å². The van der Waals surface area contributed by atoms with Gasteiger partial charge in [0.15, 0.2) is 0 Å². The highest BCUT2D eigenvalue weighted by atomic mass is 35.5. The highest BCUT2D eigenvalue weighted by Crippen LogP contribution is 2.35. The number of hydrogen-bond acceptors (Lipinski definition) is 3. The van der Waals surface area contributed by atoms with E-state index in [1.807, 2.05) is 31.2 Å². The van der Waals surface area contributed by atoms with E-state index in [4.69, 9.17) is 16.3 Å². The second kappa shape index (κ2) is 7.15. The van der Waals surface area contributed by atoms with Gasteiger partial charge in [-0.1, -0.05) is 29.8 Å². The monoisotopic (exact) mass is 358 g/mol. The molecular weight excluding hydrogens is 340 g/mol. The van der Waals surface area contributed by atoms with Gasteiger partial charge in [-0.25, -0.2) is 0 Å². The van der Waals surface area contributed by atoms with Gasteiger partial charge in [-0.2, -0.15) is 0 Å². The maximum absolute atomic E-state index is 12.6. The van der Waals surface area contributed by atoms with Crippen LogP contribution in [-0.4, -0.2) is 25.5 Å². The number of methoxy groups -OCH3 is 1. The van der Waals surface area contributed by atoms with Crippen molar-refractivity contribution in [2.45, 2.75) is 13.3 Å². The second-order valence-corrected chi connectivity index (χ2v) is 6.46. The lowest BCUT2D eigenvalue weighted by atomic mass is 10.1. The van der Waals surface area contributed by atoms with E-state index in [2.05, 4.69) is 5.32 Å². The van der Waals surface area contributed by atoms with E-state index in [1.165, 1.54) is 7.11 Å². The summed E-state index contributed by atoms with van der Waals surface area (Å²) in [5, 5.41) is 3.42. The van der Waals surface area contributed by atoms with Gasteiger partial charge in [-0.05, 0) is 36.8 Å². The maximum atomic E-state index is 12.6. The molecule has 1 aliphatic rings. The molecule has 0 radical (unpaired) electrons. The van der Waals surface area contributed by atoms with Crippen molar-refractivity contribution in [1.29, 1.82) is 0 Å². The van der Waals surface area contributed by atoms with Crippen molar-refractivity contribution in [3.8, 4) is 5.75 Å². The zero-order valence-corrected chi connectivity index (χ0v) is 14.8. The predicted octanol–water partition coefficient (Wildman–Crippen LogP) is 3.65. The summed E-state index contributed by atoms with van der Waals surface area (Å²) >= 11 is 6.05. The summed E-state index contributed by atoms with van der Waals surface area (Å²) in [6.07, 6.45) is 0.160. The second-order valence-electron chi connectivity index (χ2n) is 6.03. The van der Waals surface area contributed by atoms with Crippen LogP contribution in [0.2, 0.25) is 5.02 Å². The molecule has 2 aromatic rings. The SMILES string of the molecule is COc1ccc(Cl)cc1N1C[C@@H](C(=O)Nc2ccccc2C)CC1=O. The number of amides is 2. The van der Waals surface area contributed by atoms with Gasteiger partial charge in [0.2, 0.25) is 11.8 Å². The Bertz CT molecular complexity index is 822. The zero-order valence-electron chi connectivity index (χ0n) is 14.1. The van der Waals surface area contributed by atoms with Crippen LogP contribution in [0.1, 0.15) is 12.0 Å². The van der Waals surface area contributed by atoms with Crippen molar-refractivity contribution >= 4 is 34.8 Å². The Morgan fingerprint density at radius 2 is 2.04 bits per heavy atom. The van der Waals surface area contributed by atoms with Gasteiger partial charge < -0.3 is 15.0 Å². The van der Waals surface area contributed by atoms with E-state index in [9.17, 15) is 9.59 Å². The molecule has 1 aliphatic heterocycles.